The van der Waals surface area contributed by atoms with Gasteiger partial charge in [0.05, 0.1) is 11.6 Å². The van der Waals surface area contributed by atoms with Crippen LogP contribution in [0.3, 0.4) is 0 Å². The molecule has 6 nitrogen and oxygen atoms in total. The molecule has 2 aromatic rings. The first-order valence-electron chi connectivity index (χ1n) is 8.58. The maximum atomic E-state index is 12.5. The van der Waals surface area contributed by atoms with Gasteiger partial charge in [-0.2, -0.15) is 5.26 Å². The van der Waals surface area contributed by atoms with Crippen molar-refractivity contribution < 1.29 is 4.79 Å². The summed E-state index contributed by atoms with van der Waals surface area (Å²) in [5, 5.41) is 15.0. The minimum absolute atomic E-state index is 0.153. The lowest BCUT2D eigenvalue weighted by Crippen LogP contribution is -2.36. The van der Waals surface area contributed by atoms with E-state index in [-0.39, 0.29) is 11.9 Å². The number of benzene rings is 1. The number of nitriles is 1. The average Bonchev–Trinajstić information content (AvgIpc) is 2.63. The predicted molar refractivity (Wildman–Crippen MR) is 95.5 cm³/mol. The summed E-state index contributed by atoms with van der Waals surface area (Å²) in [5.74, 6) is 0.221. The molecule has 0 unspecified atom stereocenters. The molecule has 3 rings (SSSR count). The average molecular weight is 335 g/mol. The van der Waals surface area contributed by atoms with E-state index in [1.165, 1.54) is 19.3 Å². The van der Waals surface area contributed by atoms with Crippen LogP contribution in [-0.4, -0.2) is 21.9 Å². The highest BCUT2D eigenvalue weighted by molar-refractivity contribution is 5.92. The zero-order valence-electron chi connectivity index (χ0n) is 14.2. The van der Waals surface area contributed by atoms with Gasteiger partial charge < -0.3 is 10.6 Å². The van der Waals surface area contributed by atoms with E-state index in [4.69, 9.17) is 5.26 Å². The van der Waals surface area contributed by atoms with Crippen molar-refractivity contribution >= 4 is 17.5 Å². The molecule has 0 spiro atoms. The lowest BCUT2D eigenvalue weighted by molar-refractivity contribution is 0.0922. The Kier molecular flexibility index (Phi) is 5.24. The normalized spacial score (nSPS) is 14.6. The molecule has 0 atom stereocenters. The number of nitrogens with zero attached hydrogens (tertiary/aromatic N) is 3. The van der Waals surface area contributed by atoms with Gasteiger partial charge >= 0.3 is 0 Å². The van der Waals surface area contributed by atoms with E-state index >= 15 is 0 Å². The van der Waals surface area contributed by atoms with Crippen LogP contribution >= 0.6 is 0 Å². The van der Waals surface area contributed by atoms with Crippen molar-refractivity contribution in [3.8, 4) is 6.07 Å². The molecule has 128 valence electrons. The molecular formula is C19H21N5O. The van der Waals surface area contributed by atoms with Gasteiger partial charge in [0.2, 0.25) is 5.95 Å². The fraction of sp³-hybridized carbons (Fsp3) is 0.368. The minimum atomic E-state index is -0.153. The summed E-state index contributed by atoms with van der Waals surface area (Å²) < 4.78 is 0. The number of carbonyl (C=O) groups excluding carboxylic acids is 1. The zero-order valence-corrected chi connectivity index (χ0v) is 14.2. The molecule has 0 saturated heterocycles. The van der Waals surface area contributed by atoms with Crippen LogP contribution in [0.15, 0.2) is 30.3 Å². The fourth-order valence-electron chi connectivity index (χ4n) is 3.00. The molecule has 1 aromatic heterocycles. The van der Waals surface area contributed by atoms with Crippen molar-refractivity contribution in [3.05, 3.63) is 47.3 Å². The molecule has 6 heteroatoms. The largest absolute Gasteiger partial charge is 0.348 e. The van der Waals surface area contributed by atoms with E-state index in [0.29, 0.717) is 17.2 Å². The number of rotatable bonds is 4. The summed E-state index contributed by atoms with van der Waals surface area (Å²) >= 11 is 0. The Morgan fingerprint density at radius 3 is 2.56 bits per heavy atom. The molecule has 1 aromatic carbocycles. The first-order chi connectivity index (χ1) is 12.1. The van der Waals surface area contributed by atoms with Crippen LogP contribution < -0.4 is 10.6 Å². The summed E-state index contributed by atoms with van der Waals surface area (Å²) in [6.07, 6.45) is 5.65. The van der Waals surface area contributed by atoms with Crippen molar-refractivity contribution in [1.29, 1.82) is 5.26 Å². The highest BCUT2D eigenvalue weighted by Crippen LogP contribution is 2.18. The Morgan fingerprint density at radius 1 is 1.16 bits per heavy atom. The van der Waals surface area contributed by atoms with E-state index in [9.17, 15) is 4.79 Å². The first kappa shape index (κ1) is 16.9. The number of amides is 1. The molecule has 1 fully saturated rings. The van der Waals surface area contributed by atoms with Crippen LogP contribution in [0.2, 0.25) is 0 Å². The van der Waals surface area contributed by atoms with E-state index < -0.39 is 0 Å². The van der Waals surface area contributed by atoms with Gasteiger partial charge in [0.1, 0.15) is 5.69 Å². The smallest absolute Gasteiger partial charge is 0.270 e. The van der Waals surface area contributed by atoms with Gasteiger partial charge in [-0.1, -0.05) is 19.3 Å². The van der Waals surface area contributed by atoms with Gasteiger partial charge in [0.15, 0.2) is 0 Å². The molecule has 1 aliphatic carbocycles. The molecule has 1 saturated carbocycles. The van der Waals surface area contributed by atoms with Gasteiger partial charge in [0, 0.05) is 17.4 Å². The van der Waals surface area contributed by atoms with Gasteiger partial charge in [-0.25, -0.2) is 9.97 Å². The number of anilines is 2. The number of nitrogens with one attached hydrogen (secondary N) is 2. The quantitative estimate of drug-likeness (QED) is 0.893. The lowest BCUT2D eigenvalue weighted by Gasteiger charge is -2.22. The molecule has 2 N–H and O–H groups in total. The summed E-state index contributed by atoms with van der Waals surface area (Å²) in [7, 11) is 0. The third kappa shape index (κ3) is 4.54. The van der Waals surface area contributed by atoms with E-state index in [0.717, 1.165) is 24.2 Å². The fourth-order valence-corrected chi connectivity index (χ4v) is 3.00. The molecule has 1 aliphatic rings. The summed E-state index contributed by atoms with van der Waals surface area (Å²) in [6, 6.07) is 11.0. The number of hydrogen-bond acceptors (Lipinski definition) is 5. The topological polar surface area (TPSA) is 90.7 Å². The number of aryl methyl sites for hydroxylation is 1. The van der Waals surface area contributed by atoms with Crippen molar-refractivity contribution in [3.63, 3.8) is 0 Å². The third-order valence-electron chi connectivity index (χ3n) is 4.30. The SMILES string of the molecule is Cc1cc(C(=O)NC2CCCCC2)nc(Nc2ccc(C#N)cc2)n1. The lowest BCUT2D eigenvalue weighted by atomic mass is 9.95. The van der Waals surface area contributed by atoms with Crippen molar-refractivity contribution in [2.24, 2.45) is 0 Å². The summed E-state index contributed by atoms with van der Waals surface area (Å²) in [4.78, 5) is 21.2. The van der Waals surface area contributed by atoms with Gasteiger partial charge in [-0.15, -0.1) is 0 Å². The zero-order chi connectivity index (χ0) is 17.6. The summed E-state index contributed by atoms with van der Waals surface area (Å²) in [6.45, 7) is 1.84. The minimum Gasteiger partial charge on any atom is -0.348 e. The summed E-state index contributed by atoms with van der Waals surface area (Å²) in [5.41, 5.74) is 2.45. The van der Waals surface area contributed by atoms with E-state index in [2.05, 4.69) is 26.7 Å². The molecule has 0 bridgehead atoms. The Hall–Kier alpha value is -2.94. The second kappa shape index (κ2) is 7.75. The van der Waals surface area contributed by atoms with Crippen LogP contribution in [0.25, 0.3) is 0 Å². The maximum absolute atomic E-state index is 12.5. The van der Waals surface area contributed by atoms with Crippen LogP contribution in [0.4, 0.5) is 11.6 Å². The standard InChI is InChI=1S/C19H21N5O/c1-13-11-17(18(25)22-15-5-3-2-4-6-15)24-19(21-13)23-16-9-7-14(12-20)8-10-16/h7-11,15H,2-6H2,1H3,(H,22,25)(H,21,23,24). The maximum Gasteiger partial charge on any atom is 0.270 e. The number of aromatic nitrogens is 2. The highest BCUT2D eigenvalue weighted by Gasteiger charge is 2.18. The first-order valence-corrected chi connectivity index (χ1v) is 8.58. The van der Waals surface area contributed by atoms with E-state index in [1.54, 1.807) is 30.3 Å². The molecule has 25 heavy (non-hydrogen) atoms. The second-order valence-electron chi connectivity index (χ2n) is 6.34. The van der Waals surface area contributed by atoms with Gasteiger partial charge in [-0.3, -0.25) is 4.79 Å². The van der Waals surface area contributed by atoms with Crippen LogP contribution in [-0.2, 0) is 0 Å². The monoisotopic (exact) mass is 335 g/mol. The van der Waals surface area contributed by atoms with Crippen molar-refractivity contribution in [2.75, 3.05) is 5.32 Å². The van der Waals surface area contributed by atoms with Crippen LogP contribution in [0, 0.1) is 18.3 Å². The van der Waals surface area contributed by atoms with Gasteiger partial charge in [-0.05, 0) is 50.1 Å². The number of hydrogen-bond donors (Lipinski definition) is 2. The van der Waals surface area contributed by atoms with Crippen LogP contribution in [0.5, 0.6) is 0 Å². The predicted octanol–water partition coefficient (Wildman–Crippen LogP) is 3.46. The molecule has 1 amide bonds. The second-order valence-corrected chi connectivity index (χ2v) is 6.34. The molecular weight excluding hydrogens is 314 g/mol. The molecule has 0 aliphatic heterocycles. The van der Waals surface area contributed by atoms with Crippen molar-refractivity contribution in [1.82, 2.24) is 15.3 Å². The Labute approximate surface area is 147 Å². The van der Waals surface area contributed by atoms with Crippen molar-refractivity contribution in [2.45, 2.75) is 45.1 Å². The van der Waals surface area contributed by atoms with Crippen LogP contribution in [0.1, 0.15) is 53.8 Å². The number of carbonyl (C=O) groups is 1. The Morgan fingerprint density at radius 2 is 1.88 bits per heavy atom. The Bertz CT molecular complexity index is 788. The van der Waals surface area contributed by atoms with Gasteiger partial charge in [0.25, 0.3) is 5.91 Å². The Balaban J connectivity index is 1.72. The highest BCUT2D eigenvalue weighted by atomic mass is 16.1. The molecule has 0 radical (unpaired) electrons. The third-order valence-corrected chi connectivity index (χ3v) is 4.30. The molecule has 1 heterocycles. The van der Waals surface area contributed by atoms with E-state index in [1.807, 2.05) is 6.92 Å².